The zero-order valence-electron chi connectivity index (χ0n) is 21.9. The number of urea groups is 1. The summed E-state index contributed by atoms with van der Waals surface area (Å²) in [4.78, 5) is 41.5. The molecule has 194 valence electrons. The molecule has 4 amide bonds. The summed E-state index contributed by atoms with van der Waals surface area (Å²) in [6.07, 6.45) is 2.40. The summed E-state index contributed by atoms with van der Waals surface area (Å²) in [6.45, 7) is 12.3. The summed E-state index contributed by atoms with van der Waals surface area (Å²) in [6, 6.07) is 7.94. The van der Waals surface area contributed by atoms with Gasteiger partial charge in [0, 0.05) is 37.8 Å². The number of anilines is 1. The van der Waals surface area contributed by atoms with Crippen molar-refractivity contribution >= 4 is 36.1 Å². The van der Waals surface area contributed by atoms with Crippen LogP contribution in [0.1, 0.15) is 60.3 Å². The van der Waals surface area contributed by atoms with Crippen LogP contribution in [0.25, 0.3) is 0 Å². The van der Waals surface area contributed by atoms with Crippen molar-refractivity contribution in [1.82, 2.24) is 15.5 Å². The van der Waals surface area contributed by atoms with Crippen molar-refractivity contribution in [2.75, 3.05) is 24.5 Å². The molecule has 36 heavy (non-hydrogen) atoms. The van der Waals surface area contributed by atoms with Gasteiger partial charge in [-0.15, -0.1) is 0 Å². The molecule has 5 rings (SSSR count). The van der Waals surface area contributed by atoms with E-state index in [9.17, 15) is 14.4 Å². The van der Waals surface area contributed by atoms with E-state index in [2.05, 4.69) is 62.3 Å². The van der Waals surface area contributed by atoms with Crippen LogP contribution in [0.15, 0.2) is 24.3 Å². The van der Waals surface area contributed by atoms with Gasteiger partial charge in [0.05, 0.1) is 11.2 Å². The number of hydrogen-bond acceptors (Lipinski definition) is 6. The molecule has 10 heteroatoms. The summed E-state index contributed by atoms with van der Waals surface area (Å²) in [5, 5.41) is 5.17. The number of piperazine rings is 1. The summed E-state index contributed by atoms with van der Waals surface area (Å²) >= 11 is 0. The SMILES string of the molecule is CC1CN(C(=O)CCC2(C3CC3)NC(=O)NC2=O)CCN1c1cccc(B2OC(C)(C)C(C)(C)O2)c1. The van der Waals surface area contributed by atoms with Crippen molar-refractivity contribution in [3.63, 3.8) is 0 Å². The van der Waals surface area contributed by atoms with Gasteiger partial charge in [-0.05, 0) is 77.4 Å². The Labute approximate surface area is 213 Å². The largest absolute Gasteiger partial charge is 0.494 e. The standard InChI is InChI=1S/C26H37BN4O5/c1-17-16-30(21(32)11-12-26(18-9-10-18)22(33)28-23(34)29-26)13-14-31(17)20-8-6-7-19(15-20)27-35-24(2,3)25(4,5)36-27/h6-8,15,17-18H,9-14,16H2,1-5H3,(H2,28,29,33,34). The van der Waals surface area contributed by atoms with Crippen LogP contribution in [-0.4, -0.2) is 72.3 Å². The second kappa shape index (κ2) is 8.76. The van der Waals surface area contributed by atoms with E-state index in [1.54, 1.807) is 0 Å². The first-order valence-corrected chi connectivity index (χ1v) is 13.1. The quantitative estimate of drug-likeness (QED) is 0.460. The van der Waals surface area contributed by atoms with E-state index in [0.29, 0.717) is 26.1 Å². The van der Waals surface area contributed by atoms with E-state index in [1.807, 2.05) is 17.0 Å². The zero-order chi connectivity index (χ0) is 25.9. The molecule has 9 nitrogen and oxygen atoms in total. The van der Waals surface area contributed by atoms with Crippen LogP contribution in [0.4, 0.5) is 10.5 Å². The fourth-order valence-electron chi connectivity index (χ4n) is 5.61. The minimum Gasteiger partial charge on any atom is -0.399 e. The van der Waals surface area contributed by atoms with Crippen molar-refractivity contribution in [2.24, 2.45) is 5.92 Å². The van der Waals surface area contributed by atoms with Gasteiger partial charge in [-0.1, -0.05) is 12.1 Å². The minimum absolute atomic E-state index is 0.0291. The van der Waals surface area contributed by atoms with Crippen molar-refractivity contribution in [1.29, 1.82) is 0 Å². The molecule has 1 aliphatic carbocycles. The zero-order valence-corrected chi connectivity index (χ0v) is 21.9. The van der Waals surface area contributed by atoms with Crippen LogP contribution in [0.2, 0.25) is 0 Å². The van der Waals surface area contributed by atoms with E-state index in [0.717, 1.165) is 24.0 Å². The van der Waals surface area contributed by atoms with Gasteiger partial charge in [0.15, 0.2) is 0 Å². The number of benzene rings is 1. The van der Waals surface area contributed by atoms with Gasteiger partial charge >= 0.3 is 13.1 Å². The Kier molecular flexibility index (Phi) is 6.11. The van der Waals surface area contributed by atoms with Gasteiger partial charge < -0.3 is 24.4 Å². The molecule has 3 saturated heterocycles. The van der Waals surface area contributed by atoms with E-state index in [4.69, 9.17) is 9.31 Å². The number of carbonyl (C=O) groups excluding carboxylic acids is 3. The Morgan fingerprint density at radius 2 is 1.81 bits per heavy atom. The van der Waals surface area contributed by atoms with Gasteiger partial charge in [-0.3, -0.25) is 14.9 Å². The Balaban J connectivity index is 1.20. The van der Waals surface area contributed by atoms with Gasteiger partial charge in [0.25, 0.3) is 5.91 Å². The van der Waals surface area contributed by atoms with E-state index >= 15 is 0 Å². The Morgan fingerprint density at radius 1 is 1.11 bits per heavy atom. The minimum atomic E-state index is -0.922. The third-order valence-electron chi connectivity index (χ3n) is 8.68. The highest BCUT2D eigenvalue weighted by atomic mass is 16.7. The summed E-state index contributed by atoms with van der Waals surface area (Å²) in [5.74, 6) is -0.131. The molecule has 2 N–H and O–H groups in total. The smallest absolute Gasteiger partial charge is 0.399 e. The molecule has 0 bridgehead atoms. The summed E-state index contributed by atoms with van der Waals surface area (Å²) in [5.41, 5.74) is 0.354. The van der Waals surface area contributed by atoms with E-state index in [1.165, 1.54) is 0 Å². The molecule has 1 saturated carbocycles. The van der Waals surface area contributed by atoms with Gasteiger partial charge in [-0.2, -0.15) is 0 Å². The number of rotatable bonds is 6. The number of hydrogen-bond donors (Lipinski definition) is 2. The molecule has 4 fully saturated rings. The van der Waals surface area contributed by atoms with Crippen LogP contribution in [0.5, 0.6) is 0 Å². The van der Waals surface area contributed by atoms with E-state index < -0.39 is 29.9 Å². The number of nitrogens with zero attached hydrogens (tertiary/aromatic N) is 2. The lowest BCUT2D eigenvalue weighted by Gasteiger charge is -2.41. The predicted octanol–water partition coefficient (Wildman–Crippen LogP) is 1.79. The first kappa shape index (κ1) is 25.1. The Hall–Kier alpha value is -2.59. The first-order chi connectivity index (χ1) is 16.9. The molecule has 4 aliphatic rings. The molecule has 1 aromatic carbocycles. The Bertz CT molecular complexity index is 1060. The lowest BCUT2D eigenvalue weighted by molar-refractivity contribution is -0.133. The lowest BCUT2D eigenvalue weighted by Crippen LogP contribution is -2.55. The lowest BCUT2D eigenvalue weighted by atomic mass is 9.79. The van der Waals surface area contributed by atoms with Crippen LogP contribution in [0.3, 0.4) is 0 Å². The highest BCUT2D eigenvalue weighted by molar-refractivity contribution is 6.62. The van der Waals surface area contributed by atoms with E-state index in [-0.39, 0.29) is 30.2 Å². The molecular weight excluding hydrogens is 459 g/mol. The monoisotopic (exact) mass is 496 g/mol. The first-order valence-electron chi connectivity index (χ1n) is 13.1. The number of amides is 4. The molecule has 2 unspecified atom stereocenters. The molecule has 1 aromatic rings. The second-order valence-corrected chi connectivity index (χ2v) is 11.7. The second-order valence-electron chi connectivity index (χ2n) is 11.7. The van der Waals surface area contributed by atoms with Crippen molar-refractivity contribution < 1.29 is 23.7 Å². The fourth-order valence-corrected chi connectivity index (χ4v) is 5.61. The molecule has 0 radical (unpaired) electrons. The van der Waals surface area contributed by atoms with Crippen LogP contribution >= 0.6 is 0 Å². The van der Waals surface area contributed by atoms with Crippen LogP contribution in [0, 0.1) is 5.92 Å². The van der Waals surface area contributed by atoms with Crippen LogP contribution in [-0.2, 0) is 18.9 Å². The highest BCUT2D eigenvalue weighted by Gasteiger charge is 2.56. The van der Waals surface area contributed by atoms with Crippen LogP contribution < -0.4 is 21.0 Å². The molecule has 2 atom stereocenters. The average Bonchev–Trinajstić information content (AvgIpc) is 3.58. The molecular formula is C26H37BN4O5. The van der Waals surface area contributed by atoms with Gasteiger partial charge in [0.1, 0.15) is 5.54 Å². The number of nitrogens with one attached hydrogen (secondary N) is 2. The third-order valence-corrected chi connectivity index (χ3v) is 8.68. The maximum Gasteiger partial charge on any atom is 0.494 e. The summed E-state index contributed by atoms with van der Waals surface area (Å²) < 4.78 is 12.5. The molecule has 0 aromatic heterocycles. The Morgan fingerprint density at radius 3 is 2.39 bits per heavy atom. The van der Waals surface area contributed by atoms with Crippen molar-refractivity contribution in [3.8, 4) is 0 Å². The fraction of sp³-hybridized carbons (Fsp3) is 0.654. The third kappa shape index (κ3) is 4.38. The molecule has 3 heterocycles. The molecule has 0 spiro atoms. The van der Waals surface area contributed by atoms with Gasteiger partial charge in [-0.25, -0.2) is 4.79 Å². The summed E-state index contributed by atoms with van der Waals surface area (Å²) in [7, 11) is -0.416. The van der Waals surface area contributed by atoms with Gasteiger partial charge in [0.2, 0.25) is 5.91 Å². The predicted molar refractivity (Wildman–Crippen MR) is 137 cm³/mol. The average molecular weight is 496 g/mol. The highest BCUT2D eigenvalue weighted by Crippen LogP contribution is 2.44. The maximum atomic E-state index is 13.1. The maximum absolute atomic E-state index is 13.1. The topological polar surface area (TPSA) is 100 Å². The number of carbonyl (C=O) groups is 3. The van der Waals surface area contributed by atoms with Crippen molar-refractivity contribution in [3.05, 3.63) is 24.3 Å². The normalized spacial score (nSPS) is 29.4. The molecule has 3 aliphatic heterocycles. The number of imide groups is 1. The van der Waals surface area contributed by atoms with Crippen molar-refractivity contribution in [2.45, 2.75) is 83.1 Å².